The quantitative estimate of drug-likeness (QED) is 0.141. The Hall–Kier alpha value is -8.66. The SMILES string of the molecule is CC1CC=Cc2c1n(-c1cccc(-c3ccc(N(c4ccc(-c5cccc(-c6ccccc6)c5)cc4)c4ccc(C5C=CC=C(n6c7ccccc7c7ccccc76)C5)cc4)cc3)c1)c1ccccc21. The van der Waals surface area contributed by atoms with E-state index in [0.29, 0.717) is 5.92 Å². The van der Waals surface area contributed by atoms with E-state index < -0.39 is 0 Å². The monoisotopic (exact) mass is 897 g/mol. The van der Waals surface area contributed by atoms with Crippen molar-refractivity contribution in [1.29, 1.82) is 0 Å². The molecule has 2 aromatic heterocycles. The lowest BCUT2D eigenvalue weighted by molar-refractivity contribution is 0.723. The molecular formula is C67H51N3. The molecule has 70 heavy (non-hydrogen) atoms. The van der Waals surface area contributed by atoms with Crippen molar-refractivity contribution >= 4 is 61.5 Å². The van der Waals surface area contributed by atoms with Crippen LogP contribution in [0.3, 0.4) is 0 Å². The summed E-state index contributed by atoms with van der Waals surface area (Å²) in [5.41, 5.74) is 20.8. The predicted molar refractivity (Wildman–Crippen MR) is 297 cm³/mol. The van der Waals surface area contributed by atoms with E-state index in [0.717, 1.165) is 29.9 Å². The summed E-state index contributed by atoms with van der Waals surface area (Å²) < 4.78 is 4.96. The first-order valence-corrected chi connectivity index (χ1v) is 24.7. The molecule has 0 N–H and O–H groups in total. The van der Waals surface area contributed by atoms with Gasteiger partial charge < -0.3 is 14.0 Å². The Morgan fingerprint density at radius 2 is 0.943 bits per heavy atom. The number of benzene rings is 9. The van der Waals surface area contributed by atoms with Crippen LogP contribution >= 0.6 is 0 Å². The zero-order valence-electron chi connectivity index (χ0n) is 39.2. The molecule has 2 heterocycles. The van der Waals surface area contributed by atoms with Crippen molar-refractivity contribution in [3.8, 4) is 39.1 Å². The summed E-state index contributed by atoms with van der Waals surface area (Å²) >= 11 is 0. The van der Waals surface area contributed by atoms with Gasteiger partial charge >= 0.3 is 0 Å². The molecule has 0 amide bonds. The summed E-state index contributed by atoms with van der Waals surface area (Å²) in [5, 5.41) is 3.90. The van der Waals surface area contributed by atoms with E-state index in [9.17, 15) is 0 Å². The third kappa shape index (κ3) is 7.30. The predicted octanol–water partition coefficient (Wildman–Crippen LogP) is 18.3. The molecule has 11 aromatic rings. The van der Waals surface area contributed by atoms with Crippen molar-refractivity contribution in [2.75, 3.05) is 4.90 Å². The number of fused-ring (bicyclic) bond motifs is 6. The molecule has 9 aromatic carbocycles. The fourth-order valence-corrected chi connectivity index (χ4v) is 11.3. The number of hydrogen-bond acceptors (Lipinski definition) is 1. The first-order valence-electron chi connectivity index (χ1n) is 24.7. The molecule has 3 heteroatoms. The van der Waals surface area contributed by atoms with Crippen LogP contribution in [0, 0.1) is 0 Å². The highest BCUT2D eigenvalue weighted by Gasteiger charge is 2.24. The van der Waals surface area contributed by atoms with Crippen LogP contribution in [0.1, 0.15) is 48.4 Å². The van der Waals surface area contributed by atoms with Crippen molar-refractivity contribution in [3.63, 3.8) is 0 Å². The molecule has 334 valence electrons. The molecule has 2 unspecified atom stereocenters. The van der Waals surface area contributed by atoms with Gasteiger partial charge in [0, 0.05) is 67.7 Å². The maximum absolute atomic E-state index is 2.49. The van der Waals surface area contributed by atoms with Gasteiger partial charge in [0.15, 0.2) is 0 Å². The summed E-state index contributed by atoms with van der Waals surface area (Å²) in [5.74, 6) is 0.682. The Morgan fingerprint density at radius 1 is 0.443 bits per heavy atom. The number of allylic oxidation sites excluding steroid dienone is 5. The number of para-hydroxylation sites is 3. The second kappa shape index (κ2) is 17.5. The van der Waals surface area contributed by atoms with E-state index >= 15 is 0 Å². The van der Waals surface area contributed by atoms with Crippen LogP contribution in [0.15, 0.2) is 249 Å². The third-order valence-electron chi connectivity index (χ3n) is 14.7. The second-order valence-corrected chi connectivity index (χ2v) is 18.9. The van der Waals surface area contributed by atoms with Gasteiger partial charge in [-0.3, -0.25) is 0 Å². The lowest BCUT2D eigenvalue weighted by Gasteiger charge is -2.27. The minimum absolute atomic E-state index is 0.248. The maximum atomic E-state index is 2.49. The van der Waals surface area contributed by atoms with Gasteiger partial charge in [-0.2, -0.15) is 0 Å². The number of anilines is 3. The highest BCUT2D eigenvalue weighted by atomic mass is 15.1. The van der Waals surface area contributed by atoms with Gasteiger partial charge in [-0.15, -0.1) is 0 Å². The van der Waals surface area contributed by atoms with Crippen LogP contribution < -0.4 is 4.90 Å². The van der Waals surface area contributed by atoms with Crippen molar-refractivity contribution in [1.82, 2.24) is 9.13 Å². The van der Waals surface area contributed by atoms with Crippen LogP contribution in [0.4, 0.5) is 17.1 Å². The van der Waals surface area contributed by atoms with Gasteiger partial charge in [-0.1, -0.05) is 183 Å². The number of aromatic nitrogens is 2. The number of rotatable bonds is 9. The average molecular weight is 898 g/mol. The van der Waals surface area contributed by atoms with Crippen LogP contribution in [0.2, 0.25) is 0 Å². The lowest BCUT2D eigenvalue weighted by atomic mass is 9.90. The van der Waals surface area contributed by atoms with Crippen molar-refractivity contribution < 1.29 is 0 Å². The highest BCUT2D eigenvalue weighted by Crippen LogP contribution is 2.43. The summed E-state index contributed by atoms with van der Waals surface area (Å²) in [6.07, 6.45) is 13.5. The Kier molecular flexibility index (Phi) is 10.4. The minimum atomic E-state index is 0.248. The zero-order chi connectivity index (χ0) is 46.5. The molecule has 0 fully saturated rings. The highest BCUT2D eigenvalue weighted by molar-refractivity contribution is 6.10. The average Bonchev–Trinajstić information content (AvgIpc) is 3.96. The molecule has 0 spiro atoms. The first-order chi connectivity index (χ1) is 34.6. The molecule has 0 bridgehead atoms. The van der Waals surface area contributed by atoms with Gasteiger partial charge in [0.1, 0.15) is 0 Å². The van der Waals surface area contributed by atoms with Crippen LogP contribution in [-0.4, -0.2) is 9.13 Å². The largest absolute Gasteiger partial charge is 0.313 e. The van der Waals surface area contributed by atoms with E-state index in [1.807, 2.05) is 0 Å². The molecule has 2 aliphatic carbocycles. The fourth-order valence-electron chi connectivity index (χ4n) is 11.3. The zero-order valence-corrected chi connectivity index (χ0v) is 39.2. The van der Waals surface area contributed by atoms with Crippen LogP contribution in [0.5, 0.6) is 0 Å². The lowest BCUT2D eigenvalue weighted by Crippen LogP contribution is -2.10. The van der Waals surface area contributed by atoms with Gasteiger partial charge in [-0.05, 0) is 131 Å². The molecular weight excluding hydrogens is 847 g/mol. The summed E-state index contributed by atoms with van der Waals surface area (Å²) in [4.78, 5) is 2.39. The smallest absolute Gasteiger partial charge is 0.0537 e. The van der Waals surface area contributed by atoms with E-state index in [4.69, 9.17) is 0 Å². The Balaban J connectivity index is 0.841. The van der Waals surface area contributed by atoms with Crippen LogP contribution in [0.25, 0.3) is 83.5 Å². The second-order valence-electron chi connectivity index (χ2n) is 18.9. The van der Waals surface area contributed by atoms with Gasteiger partial charge in [-0.25, -0.2) is 0 Å². The van der Waals surface area contributed by atoms with Gasteiger partial charge in [0.05, 0.1) is 16.6 Å². The molecule has 13 rings (SSSR count). The molecule has 0 saturated carbocycles. The third-order valence-corrected chi connectivity index (χ3v) is 14.7. The molecule has 2 aliphatic rings. The summed E-state index contributed by atoms with van der Waals surface area (Å²) in [6, 6.07) is 82.4. The van der Waals surface area contributed by atoms with Crippen molar-refractivity contribution in [2.24, 2.45) is 0 Å². The molecule has 2 atom stereocenters. The molecule has 0 aliphatic heterocycles. The molecule has 0 saturated heterocycles. The summed E-state index contributed by atoms with van der Waals surface area (Å²) in [6.45, 7) is 2.35. The first kappa shape index (κ1) is 41.5. The topological polar surface area (TPSA) is 13.1 Å². The van der Waals surface area contributed by atoms with E-state index in [1.54, 1.807) is 0 Å². The Bertz CT molecular complexity index is 3770. The summed E-state index contributed by atoms with van der Waals surface area (Å²) in [7, 11) is 0. The Labute approximate surface area is 409 Å². The van der Waals surface area contributed by atoms with Crippen molar-refractivity contribution in [3.05, 3.63) is 266 Å². The normalized spacial score (nSPS) is 15.4. The molecule has 3 nitrogen and oxygen atoms in total. The van der Waals surface area contributed by atoms with Gasteiger partial charge in [0.25, 0.3) is 0 Å². The van der Waals surface area contributed by atoms with E-state index in [-0.39, 0.29) is 5.92 Å². The Morgan fingerprint density at radius 3 is 1.57 bits per heavy atom. The van der Waals surface area contributed by atoms with Crippen LogP contribution in [-0.2, 0) is 0 Å². The standard InChI is InChI=1S/C67H51N3/c1-46-15-11-27-63-62-26-7-10-30-66(62)70(67(46)63)59-23-14-21-54(45-59)50-35-41-57(42-36-50)68(55-37-31-48(32-38-55)52-19-12-18-51(43-52)47-16-3-2-4-17-47)56-39-33-49(34-40-56)53-20-13-22-58(44-53)69-64-28-8-5-24-60(64)61-25-6-9-29-65(61)69/h2-14,16-43,45-46,53H,15,44H2,1H3. The fraction of sp³-hybridized carbons (Fsp3) is 0.0746. The van der Waals surface area contributed by atoms with Gasteiger partial charge in [0.2, 0.25) is 0 Å². The molecule has 0 radical (unpaired) electrons. The number of nitrogens with zero attached hydrogens (tertiary/aromatic N) is 3. The van der Waals surface area contributed by atoms with E-state index in [2.05, 4.69) is 276 Å². The maximum Gasteiger partial charge on any atom is 0.0537 e. The number of hydrogen-bond donors (Lipinski definition) is 0. The minimum Gasteiger partial charge on any atom is -0.313 e. The van der Waals surface area contributed by atoms with E-state index in [1.165, 1.54) is 94.3 Å². The van der Waals surface area contributed by atoms with Crippen molar-refractivity contribution in [2.45, 2.75) is 31.6 Å².